The molecule has 2 atom stereocenters. The van der Waals surface area contributed by atoms with Crippen molar-refractivity contribution in [2.24, 2.45) is 0 Å². The Morgan fingerprint density at radius 1 is 0.305 bits per heavy atom. The van der Waals surface area contributed by atoms with Crippen molar-refractivity contribution in [3.8, 4) is 22.3 Å². The van der Waals surface area contributed by atoms with Crippen LogP contribution in [0.4, 0.5) is 0 Å². The number of benzene rings is 8. The summed E-state index contributed by atoms with van der Waals surface area (Å²) in [7, 11) is -1.55. The zero-order valence-corrected chi connectivity index (χ0v) is 38.0. The largest absolute Gasteiger partial charge is 1.00 e. The molecule has 8 aromatic carbocycles. The van der Waals surface area contributed by atoms with Crippen LogP contribution in [-0.4, -0.2) is 0 Å². The van der Waals surface area contributed by atoms with E-state index >= 15 is 0 Å². The van der Waals surface area contributed by atoms with Gasteiger partial charge in [0.2, 0.25) is 0 Å². The molecule has 0 N–H and O–H groups in total. The average molecular weight is 913 g/mol. The van der Waals surface area contributed by atoms with Gasteiger partial charge in [0, 0.05) is 0 Å². The summed E-state index contributed by atoms with van der Waals surface area (Å²) in [5, 5.41) is 8.92. The minimum Gasteiger partial charge on any atom is -1.00 e. The van der Waals surface area contributed by atoms with Crippen LogP contribution in [0, 0.1) is 0 Å². The maximum absolute atomic E-state index is 2.64. The van der Waals surface area contributed by atoms with Crippen molar-refractivity contribution in [2.45, 2.75) is 7.25 Å². The predicted molar refractivity (Wildman–Crippen MR) is 243 cm³/mol. The van der Waals surface area contributed by atoms with Crippen molar-refractivity contribution in [3.63, 3.8) is 0 Å². The van der Waals surface area contributed by atoms with Crippen molar-refractivity contribution >= 4 is 49.2 Å². The molecule has 10 rings (SSSR count). The number of hydrogen-bond acceptors (Lipinski definition) is 0. The fraction of sp³-hybridized carbons (Fsp3) is 0.0370. The van der Waals surface area contributed by atoms with Crippen LogP contribution in [0.25, 0.3) is 34.4 Å². The third-order valence-electron chi connectivity index (χ3n) is 11.2. The van der Waals surface area contributed by atoms with Crippen molar-refractivity contribution in [2.75, 3.05) is 0 Å². The zero-order valence-electron chi connectivity index (χ0n) is 32.2. The normalized spacial score (nSPS) is 14.9. The van der Waals surface area contributed by atoms with E-state index in [1.807, 2.05) is 0 Å². The standard InChI is InChI=1S/2C27H20P.2ClH.Zr/c2*1-4-11-21(12-5-1)26-18-10-13-22-19-25(20-27(22)26)28(23-14-6-2-7-15-23)24-16-8-3-9-17-24;;;/h2*1-20H;2*1H;/q;;;;+2/p-2. The first-order valence-corrected chi connectivity index (χ1v) is 25.2. The molecule has 2 aliphatic carbocycles. The Balaban J connectivity index is 0.00000242. The first-order valence-electron chi connectivity index (χ1n) is 19.7. The summed E-state index contributed by atoms with van der Waals surface area (Å²) in [6, 6.07) is 81.8. The van der Waals surface area contributed by atoms with Crippen LogP contribution < -0.4 is 46.0 Å². The Hall–Kier alpha value is -4.44. The Morgan fingerprint density at radius 2 is 0.593 bits per heavy atom. The molecule has 0 aromatic heterocycles. The van der Waals surface area contributed by atoms with Crippen molar-refractivity contribution in [1.29, 1.82) is 0 Å². The Labute approximate surface area is 375 Å². The summed E-state index contributed by atoms with van der Waals surface area (Å²) in [6.07, 6.45) is 5.29. The van der Waals surface area contributed by atoms with Gasteiger partial charge in [-0.1, -0.05) is 0 Å². The smallest absolute Gasteiger partial charge is 1.00 e. The maximum atomic E-state index is 2.64. The fourth-order valence-corrected chi connectivity index (χ4v) is 20.6. The van der Waals surface area contributed by atoms with E-state index in [4.69, 9.17) is 0 Å². The molecule has 284 valence electrons. The van der Waals surface area contributed by atoms with E-state index in [2.05, 4.69) is 231 Å². The second kappa shape index (κ2) is 18.9. The Kier molecular flexibility index (Phi) is 13.2. The molecule has 0 spiro atoms. The number of fused-ring (bicyclic) bond motifs is 2. The van der Waals surface area contributed by atoms with Crippen molar-refractivity contribution in [1.82, 2.24) is 0 Å². The van der Waals surface area contributed by atoms with Gasteiger partial charge in [-0.2, -0.15) is 0 Å². The summed E-state index contributed by atoms with van der Waals surface area (Å²) in [5.41, 5.74) is 11.1. The molecule has 59 heavy (non-hydrogen) atoms. The molecule has 0 aliphatic heterocycles. The molecule has 0 heterocycles. The van der Waals surface area contributed by atoms with Crippen LogP contribution in [0.15, 0.2) is 229 Å². The molecule has 0 nitrogen and oxygen atoms in total. The first kappa shape index (κ1) is 41.3. The molecule has 0 bridgehead atoms. The van der Waals surface area contributed by atoms with Gasteiger partial charge in [0.05, 0.1) is 0 Å². The SMILES string of the molecule is C1=C(P(c2ccccc2)c2ccccc2)[CH]([Zr+2][CH]2C(P(c3ccccc3)c3ccccc3)=Cc3c(-c4ccccc4)cccc32)c2cccc(-c3ccccc3)c21.[Cl-].[Cl-]. The third-order valence-corrected chi connectivity index (χ3v) is 22.1. The molecule has 0 fully saturated rings. The van der Waals surface area contributed by atoms with Crippen LogP contribution in [0.1, 0.15) is 29.5 Å². The van der Waals surface area contributed by atoms with Gasteiger partial charge in [-0.25, -0.2) is 0 Å². The minimum absolute atomic E-state index is 0. The number of rotatable bonds is 10. The molecule has 2 aliphatic rings. The van der Waals surface area contributed by atoms with Crippen LogP contribution in [0.5, 0.6) is 0 Å². The fourth-order valence-electron chi connectivity index (χ4n) is 8.62. The molecule has 0 saturated carbocycles. The Morgan fingerprint density at radius 3 is 0.898 bits per heavy atom. The van der Waals surface area contributed by atoms with Gasteiger partial charge >= 0.3 is 353 Å². The zero-order chi connectivity index (χ0) is 38.0. The summed E-state index contributed by atoms with van der Waals surface area (Å²) >= 11 is -1.38. The number of hydrogen-bond donors (Lipinski definition) is 0. The van der Waals surface area contributed by atoms with Gasteiger partial charge in [0.15, 0.2) is 0 Å². The van der Waals surface area contributed by atoms with Gasteiger partial charge < -0.3 is 24.8 Å². The van der Waals surface area contributed by atoms with Crippen LogP contribution in [-0.2, 0) is 23.2 Å². The number of allylic oxidation sites excluding steroid dienone is 2. The van der Waals surface area contributed by atoms with E-state index in [-0.39, 0.29) is 24.8 Å². The average Bonchev–Trinajstić information content (AvgIpc) is 3.84. The molecular formula is C54H40Cl2P2Zr. The molecule has 0 saturated heterocycles. The van der Waals surface area contributed by atoms with Crippen LogP contribution >= 0.6 is 15.8 Å². The maximum Gasteiger partial charge on any atom is -1.00 e. The van der Waals surface area contributed by atoms with E-state index in [9.17, 15) is 0 Å². The molecule has 8 aromatic rings. The van der Waals surface area contributed by atoms with Crippen LogP contribution in [0.3, 0.4) is 0 Å². The molecule has 0 amide bonds. The molecule has 5 heteroatoms. The van der Waals surface area contributed by atoms with Crippen molar-refractivity contribution in [3.05, 3.63) is 251 Å². The summed E-state index contributed by atoms with van der Waals surface area (Å²) in [5.74, 6) is 0. The van der Waals surface area contributed by atoms with Gasteiger partial charge in [-0.05, 0) is 0 Å². The van der Waals surface area contributed by atoms with E-state index < -0.39 is 39.1 Å². The topological polar surface area (TPSA) is 0 Å². The minimum atomic E-state index is -1.38. The van der Waals surface area contributed by atoms with Gasteiger partial charge in [-0.3, -0.25) is 0 Å². The summed E-state index contributed by atoms with van der Waals surface area (Å²) in [4.78, 5) is 0. The first-order chi connectivity index (χ1) is 28.3. The van der Waals surface area contributed by atoms with E-state index in [0.717, 1.165) is 0 Å². The third kappa shape index (κ3) is 8.23. The monoisotopic (exact) mass is 910 g/mol. The van der Waals surface area contributed by atoms with Gasteiger partial charge in [-0.15, -0.1) is 0 Å². The molecular weight excluding hydrogens is 873 g/mol. The van der Waals surface area contributed by atoms with E-state index in [1.165, 1.54) is 65.7 Å². The quantitative estimate of drug-likeness (QED) is 0.132. The Bertz CT molecular complexity index is 2440. The van der Waals surface area contributed by atoms with E-state index in [0.29, 0.717) is 7.25 Å². The second-order valence-electron chi connectivity index (χ2n) is 14.5. The summed E-state index contributed by atoms with van der Waals surface area (Å²) < 4.78 is 0.781. The van der Waals surface area contributed by atoms with Gasteiger partial charge in [0.25, 0.3) is 0 Å². The second-order valence-corrected chi connectivity index (χ2v) is 22.6. The number of halogens is 2. The predicted octanol–water partition coefficient (Wildman–Crippen LogP) is 6.87. The van der Waals surface area contributed by atoms with Gasteiger partial charge in [0.1, 0.15) is 0 Å². The summed E-state index contributed by atoms with van der Waals surface area (Å²) in [6.45, 7) is 0. The van der Waals surface area contributed by atoms with Crippen molar-refractivity contribution < 1.29 is 48.0 Å². The molecule has 0 radical (unpaired) electrons. The molecule has 2 unspecified atom stereocenters. The van der Waals surface area contributed by atoms with E-state index in [1.54, 1.807) is 10.6 Å². The van der Waals surface area contributed by atoms with Crippen LogP contribution in [0.2, 0.25) is 0 Å².